The van der Waals surface area contributed by atoms with Gasteiger partial charge in [0.1, 0.15) is 5.76 Å². The second kappa shape index (κ2) is 7.66. The van der Waals surface area contributed by atoms with Crippen LogP contribution >= 0.6 is 0 Å². The zero-order valence-electron chi connectivity index (χ0n) is 13.7. The van der Waals surface area contributed by atoms with Crippen molar-refractivity contribution in [1.29, 1.82) is 0 Å². The maximum Gasteiger partial charge on any atom is 0.322 e. The van der Waals surface area contributed by atoms with Crippen molar-refractivity contribution in [2.75, 3.05) is 18.1 Å². The minimum atomic E-state index is -1.07. The number of hydrogen-bond acceptors (Lipinski definition) is 3. The van der Waals surface area contributed by atoms with E-state index in [0.717, 1.165) is 31.4 Å². The fraction of sp³-hybridized carbons (Fsp3) is 0.389. The first-order chi connectivity index (χ1) is 11.6. The van der Waals surface area contributed by atoms with Crippen LogP contribution in [0.2, 0.25) is 0 Å². The summed E-state index contributed by atoms with van der Waals surface area (Å²) in [5.74, 6) is 0.829. The molecular weight excluding hydrogens is 324 g/mol. The Morgan fingerprint density at radius 3 is 2.88 bits per heavy atom. The molecule has 2 heterocycles. The van der Waals surface area contributed by atoms with Gasteiger partial charge in [0.05, 0.1) is 12.3 Å². The molecule has 24 heavy (non-hydrogen) atoms. The number of rotatable bonds is 3. The molecule has 1 fully saturated rings. The van der Waals surface area contributed by atoms with E-state index < -0.39 is 10.8 Å². The van der Waals surface area contributed by atoms with Gasteiger partial charge in [-0.15, -0.1) is 0 Å². The lowest BCUT2D eigenvalue weighted by Crippen LogP contribution is -2.37. The number of furan rings is 1. The van der Waals surface area contributed by atoms with Gasteiger partial charge in [-0.2, -0.15) is 0 Å². The summed E-state index contributed by atoms with van der Waals surface area (Å²) in [5, 5.41) is 2.94. The van der Waals surface area contributed by atoms with Crippen LogP contribution in [0.15, 0.2) is 52.0 Å². The fourth-order valence-corrected chi connectivity index (χ4v) is 3.64. The number of likely N-dealkylation sites (tertiary alicyclic amines) is 1. The average Bonchev–Trinajstić information content (AvgIpc) is 2.99. The van der Waals surface area contributed by atoms with E-state index in [2.05, 4.69) is 5.32 Å². The molecule has 1 saturated heterocycles. The second-order valence-electron chi connectivity index (χ2n) is 5.99. The third-order valence-electron chi connectivity index (χ3n) is 4.30. The highest BCUT2D eigenvalue weighted by Gasteiger charge is 2.28. The number of benzene rings is 1. The van der Waals surface area contributed by atoms with E-state index in [4.69, 9.17) is 4.42 Å². The van der Waals surface area contributed by atoms with Gasteiger partial charge in [0, 0.05) is 34.2 Å². The largest absolute Gasteiger partial charge is 0.467 e. The van der Waals surface area contributed by atoms with E-state index in [9.17, 15) is 9.00 Å². The predicted molar refractivity (Wildman–Crippen MR) is 94.4 cm³/mol. The van der Waals surface area contributed by atoms with E-state index in [1.807, 2.05) is 23.1 Å². The molecule has 0 radical (unpaired) electrons. The Kier molecular flexibility index (Phi) is 5.35. The van der Waals surface area contributed by atoms with E-state index in [1.54, 1.807) is 30.7 Å². The van der Waals surface area contributed by atoms with Crippen LogP contribution in [-0.2, 0) is 10.8 Å². The maximum absolute atomic E-state index is 12.8. The van der Waals surface area contributed by atoms with Gasteiger partial charge in [0.2, 0.25) is 0 Å². The third-order valence-corrected chi connectivity index (χ3v) is 5.22. The van der Waals surface area contributed by atoms with Crippen LogP contribution in [0.4, 0.5) is 10.5 Å². The van der Waals surface area contributed by atoms with Crippen LogP contribution in [0.1, 0.15) is 37.5 Å². The van der Waals surface area contributed by atoms with E-state index >= 15 is 0 Å². The van der Waals surface area contributed by atoms with E-state index in [-0.39, 0.29) is 12.1 Å². The number of carbonyl (C=O) groups is 1. The maximum atomic E-state index is 12.8. The Labute approximate surface area is 144 Å². The fourth-order valence-electron chi connectivity index (χ4n) is 3.08. The molecule has 1 aromatic carbocycles. The SMILES string of the molecule is C[S@@](=O)c1cccc(NC(=O)N2CCCCC[C@H]2c2ccco2)c1. The van der Waals surface area contributed by atoms with Crippen molar-refractivity contribution < 1.29 is 13.4 Å². The molecule has 1 aromatic heterocycles. The van der Waals surface area contributed by atoms with Crippen LogP contribution < -0.4 is 5.32 Å². The minimum Gasteiger partial charge on any atom is -0.467 e. The summed E-state index contributed by atoms with van der Waals surface area (Å²) in [7, 11) is -1.07. The van der Waals surface area contributed by atoms with Crippen molar-refractivity contribution in [3.05, 3.63) is 48.4 Å². The van der Waals surface area contributed by atoms with Gasteiger partial charge < -0.3 is 14.6 Å². The van der Waals surface area contributed by atoms with Gasteiger partial charge in [-0.25, -0.2) is 4.79 Å². The zero-order chi connectivity index (χ0) is 16.9. The molecule has 2 atom stereocenters. The number of amides is 2. The molecule has 3 rings (SSSR count). The van der Waals surface area contributed by atoms with Crippen molar-refractivity contribution in [2.45, 2.75) is 36.6 Å². The first kappa shape index (κ1) is 16.8. The normalized spacial score (nSPS) is 19.5. The van der Waals surface area contributed by atoms with Crippen LogP contribution in [0.25, 0.3) is 0 Å². The van der Waals surface area contributed by atoms with Crippen LogP contribution in [0.5, 0.6) is 0 Å². The standard InChI is InChI=1S/C18H22N2O3S/c1-24(22)15-8-5-7-14(13-15)19-18(21)20-11-4-2-3-9-16(20)17-10-6-12-23-17/h5-8,10,12-13,16H,2-4,9,11H2,1H3,(H,19,21)/t16-,24+/m0/s1. The zero-order valence-corrected chi connectivity index (χ0v) is 14.6. The molecule has 0 saturated carbocycles. The quantitative estimate of drug-likeness (QED) is 0.907. The van der Waals surface area contributed by atoms with Gasteiger partial charge in [0.15, 0.2) is 0 Å². The molecule has 0 bridgehead atoms. The Morgan fingerprint density at radius 2 is 2.12 bits per heavy atom. The average molecular weight is 346 g/mol. The number of nitrogens with one attached hydrogen (secondary N) is 1. The van der Waals surface area contributed by atoms with Gasteiger partial charge >= 0.3 is 6.03 Å². The first-order valence-corrected chi connectivity index (χ1v) is 9.75. The molecule has 128 valence electrons. The third kappa shape index (κ3) is 3.87. The van der Waals surface area contributed by atoms with Crippen LogP contribution in [0.3, 0.4) is 0 Å². The first-order valence-electron chi connectivity index (χ1n) is 8.19. The van der Waals surface area contributed by atoms with Crippen molar-refractivity contribution in [1.82, 2.24) is 4.90 Å². The summed E-state index contributed by atoms with van der Waals surface area (Å²) in [5.41, 5.74) is 0.662. The van der Waals surface area contributed by atoms with E-state index in [1.165, 1.54) is 0 Å². The summed E-state index contributed by atoms with van der Waals surface area (Å²) in [4.78, 5) is 15.4. The van der Waals surface area contributed by atoms with Gasteiger partial charge in [-0.05, 0) is 43.2 Å². The Bertz CT molecular complexity index is 715. The lowest BCUT2D eigenvalue weighted by atomic mass is 10.1. The summed E-state index contributed by atoms with van der Waals surface area (Å²) in [6, 6.07) is 10.8. The van der Waals surface area contributed by atoms with Crippen molar-refractivity contribution in [2.24, 2.45) is 0 Å². The molecule has 6 heteroatoms. The molecule has 1 aliphatic rings. The molecule has 0 aliphatic carbocycles. The number of anilines is 1. The van der Waals surface area contributed by atoms with E-state index in [0.29, 0.717) is 17.1 Å². The lowest BCUT2D eigenvalue weighted by Gasteiger charge is -2.28. The number of carbonyl (C=O) groups excluding carboxylic acids is 1. The molecule has 2 amide bonds. The summed E-state index contributed by atoms with van der Waals surface area (Å²) in [6.45, 7) is 0.705. The van der Waals surface area contributed by atoms with Crippen molar-refractivity contribution in [3.8, 4) is 0 Å². The monoisotopic (exact) mass is 346 g/mol. The molecule has 1 aliphatic heterocycles. The number of urea groups is 1. The lowest BCUT2D eigenvalue weighted by molar-refractivity contribution is 0.179. The predicted octanol–water partition coefficient (Wildman–Crippen LogP) is 4.17. The molecular formula is C18H22N2O3S. The summed E-state index contributed by atoms with van der Waals surface area (Å²) in [6.07, 6.45) is 7.37. The Balaban J connectivity index is 1.78. The van der Waals surface area contributed by atoms with Crippen LogP contribution in [0, 0.1) is 0 Å². The Morgan fingerprint density at radius 1 is 1.25 bits per heavy atom. The summed E-state index contributed by atoms with van der Waals surface area (Å²) < 4.78 is 17.2. The highest BCUT2D eigenvalue weighted by Crippen LogP contribution is 2.31. The van der Waals surface area contributed by atoms with Crippen molar-refractivity contribution >= 4 is 22.5 Å². The molecule has 0 spiro atoms. The van der Waals surface area contributed by atoms with Crippen molar-refractivity contribution in [3.63, 3.8) is 0 Å². The molecule has 0 unspecified atom stereocenters. The highest BCUT2D eigenvalue weighted by molar-refractivity contribution is 7.84. The van der Waals surface area contributed by atoms with Gasteiger partial charge in [-0.3, -0.25) is 4.21 Å². The molecule has 1 N–H and O–H groups in total. The van der Waals surface area contributed by atoms with Gasteiger partial charge in [0.25, 0.3) is 0 Å². The Hall–Kier alpha value is -2.08. The highest BCUT2D eigenvalue weighted by atomic mass is 32.2. The minimum absolute atomic E-state index is 0.0361. The summed E-state index contributed by atoms with van der Waals surface area (Å²) >= 11 is 0. The van der Waals surface area contributed by atoms with Gasteiger partial charge in [-0.1, -0.05) is 18.9 Å². The smallest absolute Gasteiger partial charge is 0.322 e. The molecule has 2 aromatic rings. The molecule has 5 nitrogen and oxygen atoms in total. The second-order valence-corrected chi connectivity index (χ2v) is 7.37. The van der Waals surface area contributed by atoms with Crippen LogP contribution in [-0.4, -0.2) is 27.9 Å². The number of nitrogens with zero attached hydrogens (tertiary/aromatic N) is 1. The topological polar surface area (TPSA) is 62.6 Å². The number of hydrogen-bond donors (Lipinski definition) is 1.